The minimum absolute atomic E-state index is 0.0351. The van der Waals surface area contributed by atoms with E-state index in [9.17, 15) is 8.42 Å². The lowest BCUT2D eigenvalue weighted by atomic mass is 10.2. The first-order valence-electron chi connectivity index (χ1n) is 5.62. The summed E-state index contributed by atoms with van der Waals surface area (Å²) >= 11 is 5.96. The number of benzene rings is 1. The maximum atomic E-state index is 12.4. The van der Waals surface area contributed by atoms with E-state index in [1.807, 2.05) is 6.07 Å². The van der Waals surface area contributed by atoms with E-state index in [-0.39, 0.29) is 11.3 Å². The number of hydrogen-bond acceptors (Lipinski definition) is 4. The van der Waals surface area contributed by atoms with Gasteiger partial charge in [-0.05, 0) is 31.5 Å². The fourth-order valence-corrected chi connectivity index (χ4v) is 3.20. The first kappa shape index (κ1) is 15.8. The van der Waals surface area contributed by atoms with Crippen molar-refractivity contribution in [3.63, 3.8) is 0 Å². The number of rotatable bonds is 4. The minimum Gasteiger partial charge on any atom is -0.398 e. The molecule has 0 aliphatic rings. The third kappa shape index (κ3) is 3.18. The van der Waals surface area contributed by atoms with Crippen molar-refractivity contribution < 1.29 is 8.42 Å². The van der Waals surface area contributed by atoms with E-state index in [4.69, 9.17) is 22.6 Å². The predicted octanol–water partition coefficient (Wildman–Crippen LogP) is 2.15. The Bertz CT molecular complexity index is 599. The molecular formula is C12H16ClN3O2S. The van der Waals surface area contributed by atoms with Crippen LogP contribution >= 0.6 is 11.6 Å². The molecule has 19 heavy (non-hydrogen) atoms. The molecular weight excluding hydrogens is 286 g/mol. The van der Waals surface area contributed by atoms with Gasteiger partial charge in [-0.25, -0.2) is 8.42 Å². The number of nitrogens with two attached hydrogens (primary N) is 1. The van der Waals surface area contributed by atoms with Crippen LogP contribution in [0.5, 0.6) is 0 Å². The smallest absolute Gasteiger partial charge is 0.243 e. The van der Waals surface area contributed by atoms with Crippen LogP contribution in [0.3, 0.4) is 0 Å². The lowest BCUT2D eigenvalue weighted by Gasteiger charge is -2.22. The highest BCUT2D eigenvalue weighted by Gasteiger charge is 2.26. The van der Waals surface area contributed by atoms with E-state index in [1.54, 1.807) is 13.8 Å². The molecule has 0 fully saturated rings. The molecule has 1 aromatic rings. The van der Waals surface area contributed by atoms with Gasteiger partial charge in [-0.2, -0.15) is 9.57 Å². The zero-order chi connectivity index (χ0) is 14.8. The van der Waals surface area contributed by atoms with Gasteiger partial charge in [-0.1, -0.05) is 11.6 Å². The number of anilines is 1. The summed E-state index contributed by atoms with van der Waals surface area (Å²) in [6, 6.07) is 4.28. The van der Waals surface area contributed by atoms with Gasteiger partial charge in [-0.15, -0.1) is 0 Å². The van der Waals surface area contributed by atoms with Gasteiger partial charge in [0.2, 0.25) is 10.0 Å². The van der Waals surface area contributed by atoms with Crippen molar-refractivity contribution in [2.24, 2.45) is 0 Å². The summed E-state index contributed by atoms with van der Waals surface area (Å²) in [6.07, 6.45) is 0.116. The highest BCUT2D eigenvalue weighted by atomic mass is 35.5. The zero-order valence-electron chi connectivity index (χ0n) is 11.0. The Hall–Kier alpha value is -1.29. The first-order valence-corrected chi connectivity index (χ1v) is 7.44. The molecule has 1 rings (SSSR count). The van der Waals surface area contributed by atoms with Gasteiger partial charge in [0.15, 0.2) is 0 Å². The van der Waals surface area contributed by atoms with Crippen LogP contribution in [-0.2, 0) is 10.0 Å². The van der Waals surface area contributed by atoms with Gasteiger partial charge >= 0.3 is 0 Å². The highest BCUT2D eigenvalue weighted by Crippen LogP contribution is 2.28. The fraction of sp³-hybridized carbons (Fsp3) is 0.417. The van der Waals surface area contributed by atoms with Crippen molar-refractivity contribution in [1.82, 2.24) is 4.31 Å². The van der Waals surface area contributed by atoms with E-state index < -0.39 is 16.1 Å². The number of halogens is 1. The van der Waals surface area contributed by atoms with Crippen molar-refractivity contribution in [2.45, 2.75) is 31.2 Å². The zero-order valence-corrected chi connectivity index (χ0v) is 12.6. The quantitative estimate of drug-likeness (QED) is 0.863. The summed E-state index contributed by atoms with van der Waals surface area (Å²) < 4.78 is 25.9. The summed E-state index contributed by atoms with van der Waals surface area (Å²) in [5, 5.41) is 8.94. The Morgan fingerprint density at radius 2 is 2.11 bits per heavy atom. The molecule has 0 amide bonds. The third-order valence-electron chi connectivity index (χ3n) is 3.04. The first-order chi connectivity index (χ1) is 8.71. The molecule has 0 bridgehead atoms. The maximum Gasteiger partial charge on any atom is 0.243 e. The Kier molecular flexibility index (Phi) is 4.80. The Morgan fingerprint density at radius 1 is 1.53 bits per heavy atom. The third-order valence-corrected chi connectivity index (χ3v) is 5.38. The lowest BCUT2D eigenvalue weighted by Crippen LogP contribution is -2.34. The topological polar surface area (TPSA) is 87.2 Å². The van der Waals surface area contributed by atoms with E-state index >= 15 is 0 Å². The average Bonchev–Trinajstić information content (AvgIpc) is 2.34. The molecule has 5 nitrogen and oxygen atoms in total. The van der Waals surface area contributed by atoms with Gasteiger partial charge < -0.3 is 5.73 Å². The summed E-state index contributed by atoms with van der Waals surface area (Å²) in [7, 11) is -2.27. The average molecular weight is 302 g/mol. The molecule has 1 unspecified atom stereocenters. The molecule has 2 N–H and O–H groups in total. The molecule has 7 heteroatoms. The Balaban J connectivity index is 3.25. The number of hydrogen-bond donors (Lipinski definition) is 1. The van der Waals surface area contributed by atoms with Crippen molar-refractivity contribution in [1.29, 1.82) is 5.26 Å². The van der Waals surface area contributed by atoms with Crippen molar-refractivity contribution >= 4 is 27.3 Å². The van der Waals surface area contributed by atoms with Gasteiger partial charge in [0.1, 0.15) is 0 Å². The van der Waals surface area contributed by atoms with E-state index in [0.717, 1.165) is 4.31 Å². The van der Waals surface area contributed by atoms with Crippen molar-refractivity contribution in [2.75, 3.05) is 12.8 Å². The van der Waals surface area contributed by atoms with Gasteiger partial charge in [0, 0.05) is 23.8 Å². The van der Waals surface area contributed by atoms with Crippen molar-refractivity contribution in [3.8, 4) is 6.07 Å². The van der Waals surface area contributed by atoms with Crippen LogP contribution < -0.4 is 5.73 Å². The monoisotopic (exact) mass is 301 g/mol. The van der Waals surface area contributed by atoms with Crippen LogP contribution in [0.25, 0.3) is 0 Å². The summed E-state index contributed by atoms with van der Waals surface area (Å²) in [6.45, 7) is 3.38. The molecule has 1 atom stereocenters. The van der Waals surface area contributed by atoms with Gasteiger partial charge in [0.25, 0.3) is 0 Å². The summed E-state index contributed by atoms with van der Waals surface area (Å²) in [5.74, 6) is 0. The Labute approximate surface area is 118 Å². The van der Waals surface area contributed by atoms with E-state index in [0.29, 0.717) is 16.3 Å². The van der Waals surface area contributed by atoms with E-state index in [2.05, 4.69) is 0 Å². The van der Waals surface area contributed by atoms with Crippen molar-refractivity contribution in [3.05, 3.63) is 22.7 Å². The molecule has 0 radical (unpaired) electrons. The summed E-state index contributed by atoms with van der Waals surface area (Å²) in [5.41, 5.74) is 6.71. The molecule has 0 spiro atoms. The molecule has 0 aliphatic carbocycles. The Morgan fingerprint density at radius 3 is 2.58 bits per heavy atom. The lowest BCUT2D eigenvalue weighted by molar-refractivity contribution is 0.393. The van der Waals surface area contributed by atoms with Crippen LogP contribution in [0.4, 0.5) is 5.69 Å². The largest absolute Gasteiger partial charge is 0.398 e. The number of sulfonamides is 1. The maximum absolute atomic E-state index is 12.4. The van der Waals surface area contributed by atoms with Crippen LogP contribution in [0.15, 0.2) is 17.0 Å². The van der Waals surface area contributed by atoms with Gasteiger partial charge in [0.05, 0.1) is 17.4 Å². The molecule has 104 valence electrons. The molecule has 0 aliphatic heterocycles. The number of nitrogen functional groups attached to an aromatic ring is 1. The van der Waals surface area contributed by atoms with Crippen LogP contribution in [-0.4, -0.2) is 25.8 Å². The highest BCUT2D eigenvalue weighted by molar-refractivity contribution is 7.89. The normalized spacial score (nSPS) is 13.3. The standard InChI is InChI=1S/C12H16ClN3O2S/c1-8(4-5-14)16(3)19(17,18)10-6-11(13)9(2)12(15)7-10/h6-8H,4,15H2,1-3H3. The minimum atomic E-state index is -3.70. The predicted molar refractivity (Wildman–Crippen MR) is 75.2 cm³/mol. The van der Waals surface area contributed by atoms with Crippen LogP contribution in [0.2, 0.25) is 5.02 Å². The molecule has 0 saturated carbocycles. The fourth-order valence-electron chi connectivity index (χ4n) is 1.49. The number of nitriles is 1. The summed E-state index contributed by atoms with van der Waals surface area (Å²) in [4.78, 5) is 0.0351. The van der Waals surface area contributed by atoms with Crippen LogP contribution in [0, 0.1) is 18.3 Å². The second-order valence-corrected chi connectivity index (χ2v) is 6.76. The van der Waals surface area contributed by atoms with Crippen LogP contribution in [0.1, 0.15) is 18.9 Å². The SMILES string of the molecule is Cc1c(N)cc(S(=O)(=O)N(C)C(C)CC#N)cc1Cl. The van der Waals surface area contributed by atoms with E-state index in [1.165, 1.54) is 19.2 Å². The molecule has 0 aromatic heterocycles. The molecule has 1 aromatic carbocycles. The van der Waals surface area contributed by atoms with Gasteiger partial charge in [-0.3, -0.25) is 0 Å². The molecule has 0 saturated heterocycles. The second kappa shape index (κ2) is 5.78. The second-order valence-electron chi connectivity index (χ2n) is 4.35. The molecule has 0 heterocycles. The number of nitrogens with zero attached hydrogens (tertiary/aromatic N) is 2.